The smallest absolute Gasteiger partial charge is 0.307 e. The van der Waals surface area contributed by atoms with E-state index in [1.54, 1.807) is 62.4 Å². The molecule has 212 valence electrons. The molecule has 0 fully saturated rings. The highest BCUT2D eigenvalue weighted by Gasteiger charge is 2.57. The molecule has 0 unspecified atom stereocenters. The number of carbonyl (C=O) groups excluding carboxylic acids is 4. The van der Waals surface area contributed by atoms with E-state index in [0.717, 1.165) is 12.8 Å². The summed E-state index contributed by atoms with van der Waals surface area (Å²) in [5, 5.41) is 0. The molecule has 40 heavy (non-hydrogen) atoms. The van der Waals surface area contributed by atoms with Gasteiger partial charge in [0.2, 0.25) is 0 Å². The van der Waals surface area contributed by atoms with Gasteiger partial charge in [-0.3, -0.25) is 19.2 Å². The van der Waals surface area contributed by atoms with Gasteiger partial charge >= 0.3 is 11.9 Å². The molecule has 0 aromatic heterocycles. The van der Waals surface area contributed by atoms with Crippen molar-refractivity contribution in [2.45, 2.75) is 91.3 Å². The van der Waals surface area contributed by atoms with Gasteiger partial charge in [0.1, 0.15) is 0 Å². The second kappa shape index (κ2) is 11.5. The van der Waals surface area contributed by atoms with Crippen LogP contribution in [0.5, 0.6) is 0 Å². The van der Waals surface area contributed by atoms with Crippen molar-refractivity contribution in [3.05, 3.63) is 81.9 Å². The molecule has 4 rings (SSSR count). The maximum absolute atomic E-state index is 14.1. The molecular weight excluding hydrogens is 504 g/mol. The summed E-state index contributed by atoms with van der Waals surface area (Å²) in [4.78, 5) is 54.4. The fourth-order valence-electron chi connectivity index (χ4n) is 5.95. The molecule has 6 nitrogen and oxygen atoms in total. The summed E-state index contributed by atoms with van der Waals surface area (Å²) in [6, 6.07) is 13.9. The Balaban J connectivity index is 1.83. The van der Waals surface area contributed by atoms with Crippen LogP contribution in [0.15, 0.2) is 59.7 Å². The number of benzene rings is 2. The summed E-state index contributed by atoms with van der Waals surface area (Å²) in [7, 11) is 0. The molecule has 0 aliphatic heterocycles. The summed E-state index contributed by atoms with van der Waals surface area (Å²) in [5.41, 5.74) is -1.12. The van der Waals surface area contributed by atoms with E-state index in [0.29, 0.717) is 46.9 Å². The number of ether oxygens (including phenoxy) is 2. The number of ketones is 2. The first kappa shape index (κ1) is 29.4. The van der Waals surface area contributed by atoms with Gasteiger partial charge in [-0.25, -0.2) is 0 Å². The molecule has 0 spiro atoms. The van der Waals surface area contributed by atoms with Gasteiger partial charge in [0.05, 0.1) is 11.1 Å². The lowest BCUT2D eigenvalue weighted by Gasteiger charge is -2.33. The van der Waals surface area contributed by atoms with Crippen LogP contribution >= 0.6 is 0 Å². The first-order valence-electron chi connectivity index (χ1n) is 14.4. The van der Waals surface area contributed by atoms with E-state index >= 15 is 0 Å². The second-order valence-electron chi connectivity index (χ2n) is 12.1. The van der Waals surface area contributed by atoms with Gasteiger partial charge in [0.15, 0.2) is 22.8 Å². The third kappa shape index (κ3) is 5.41. The lowest BCUT2D eigenvalue weighted by atomic mass is 9.83. The molecule has 2 aliphatic carbocycles. The highest BCUT2D eigenvalue weighted by atomic mass is 16.6. The number of rotatable bonds is 10. The molecule has 0 N–H and O–H groups in total. The minimum atomic E-state index is -1.51. The van der Waals surface area contributed by atoms with Crippen LogP contribution in [0.2, 0.25) is 0 Å². The number of hydrogen-bond acceptors (Lipinski definition) is 6. The third-order valence-electron chi connectivity index (χ3n) is 7.99. The highest BCUT2D eigenvalue weighted by molar-refractivity contribution is 6.24. The highest BCUT2D eigenvalue weighted by Crippen LogP contribution is 2.53. The van der Waals surface area contributed by atoms with Crippen LogP contribution < -0.4 is 0 Å². The van der Waals surface area contributed by atoms with Crippen LogP contribution in [0.1, 0.15) is 112 Å². The predicted molar refractivity (Wildman–Crippen MR) is 153 cm³/mol. The van der Waals surface area contributed by atoms with Crippen LogP contribution in [-0.4, -0.2) is 23.5 Å². The molecule has 2 aromatic rings. The monoisotopic (exact) mass is 544 g/mol. The Morgan fingerprint density at radius 2 is 1.00 bits per heavy atom. The number of fused-ring (bicyclic) bond motifs is 2. The van der Waals surface area contributed by atoms with E-state index in [1.165, 1.54) is 0 Å². The Labute approximate surface area is 237 Å². The second-order valence-corrected chi connectivity index (χ2v) is 12.1. The maximum Gasteiger partial charge on any atom is 0.307 e. The fourth-order valence-corrected chi connectivity index (χ4v) is 5.95. The van der Waals surface area contributed by atoms with Gasteiger partial charge in [-0.1, -0.05) is 89.1 Å². The molecule has 2 aliphatic rings. The van der Waals surface area contributed by atoms with Gasteiger partial charge in [-0.2, -0.15) is 0 Å². The topological polar surface area (TPSA) is 86.7 Å². The molecule has 0 saturated heterocycles. The Morgan fingerprint density at radius 1 is 0.650 bits per heavy atom. The summed E-state index contributed by atoms with van der Waals surface area (Å²) in [5.74, 6) is -0.791. The molecule has 2 atom stereocenters. The van der Waals surface area contributed by atoms with E-state index in [9.17, 15) is 19.2 Å². The minimum absolute atomic E-state index is 0.0598. The van der Waals surface area contributed by atoms with Crippen molar-refractivity contribution in [2.75, 3.05) is 0 Å². The minimum Gasteiger partial charge on any atom is -0.449 e. The predicted octanol–water partition coefficient (Wildman–Crippen LogP) is 7.25. The van der Waals surface area contributed by atoms with Crippen molar-refractivity contribution in [3.63, 3.8) is 0 Å². The van der Waals surface area contributed by atoms with Gasteiger partial charge in [-0.15, -0.1) is 0 Å². The first-order chi connectivity index (χ1) is 18.9. The maximum atomic E-state index is 14.1. The quantitative estimate of drug-likeness (QED) is 0.231. The standard InChI is InChI=1S/C34H40O6/c1-21(2)13-11-19-27(35)39-33(5)25-17-9-7-15-23(25)31(37)29(33)30-32(38)24-16-8-10-18-26(24)34(30,6)40-28(36)20-12-14-22(3)4/h7-10,15-18,21-22H,11-14,19-20H2,1-6H3/b30-29+/t33-,34+. The van der Waals surface area contributed by atoms with Gasteiger partial charge in [0, 0.05) is 35.1 Å². The Hall–Kier alpha value is -3.54. The number of Topliss-reactive ketones (excluding diaryl/α,β-unsaturated/α-hetero) is 2. The first-order valence-corrected chi connectivity index (χ1v) is 14.4. The largest absolute Gasteiger partial charge is 0.449 e. The third-order valence-corrected chi connectivity index (χ3v) is 7.99. The van der Waals surface area contributed by atoms with Crippen molar-refractivity contribution in [1.82, 2.24) is 0 Å². The Bertz CT molecular complexity index is 1260. The van der Waals surface area contributed by atoms with Crippen molar-refractivity contribution < 1.29 is 28.7 Å². The zero-order chi connectivity index (χ0) is 29.2. The lowest BCUT2D eigenvalue weighted by molar-refractivity contribution is -0.158. The van der Waals surface area contributed by atoms with Crippen LogP contribution in [0, 0.1) is 11.8 Å². The van der Waals surface area contributed by atoms with Crippen LogP contribution in [0.25, 0.3) is 0 Å². The van der Waals surface area contributed by atoms with Crippen molar-refractivity contribution in [2.24, 2.45) is 11.8 Å². The van der Waals surface area contributed by atoms with E-state index in [2.05, 4.69) is 27.7 Å². The van der Waals surface area contributed by atoms with Crippen LogP contribution in [0.4, 0.5) is 0 Å². The molecule has 0 amide bonds. The average Bonchev–Trinajstić information content (AvgIpc) is 3.22. The van der Waals surface area contributed by atoms with Crippen molar-refractivity contribution >= 4 is 23.5 Å². The molecule has 2 aromatic carbocycles. The molecule has 0 saturated carbocycles. The normalized spacial score (nSPS) is 23.5. The summed E-state index contributed by atoms with van der Waals surface area (Å²) in [6.45, 7) is 11.7. The number of esters is 2. The zero-order valence-corrected chi connectivity index (χ0v) is 24.5. The lowest BCUT2D eigenvalue weighted by Crippen LogP contribution is -2.37. The molecule has 0 heterocycles. The Morgan fingerprint density at radius 3 is 1.35 bits per heavy atom. The Kier molecular flexibility index (Phi) is 8.48. The number of carbonyl (C=O) groups is 4. The van der Waals surface area contributed by atoms with E-state index in [1.807, 2.05) is 0 Å². The number of hydrogen-bond donors (Lipinski definition) is 0. The van der Waals surface area contributed by atoms with Crippen molar-refractivity contribution in [1.29, 1.82) is 0 Å². The van der Waals surface area contributed by atoms with Gasteiger partial charge in [-0.05, 0) is 38.5 Å². The fraction of sp³-hybridized carbons (Fsp3) is 0.471. The molecular formula is C34H40O6. The zero-order valence-electron chi connectivity index (χ0n) is 24.5. The van der Waals surface area contributed by atoms with E-state index < -0.39 is 34.7 Å². The van der Waals surface area contributed by atoms with E-state index in [-0.39, 0.29) is 24.0 Å². The average molecular weight is 545 g/mol. The SMILES string of the molecule is CC(C)CCCC(=O)O[C@@]1(C)/C(=C2\C(=O)c3ccccc3[C@]2(C)OC(=O)CCCC(C)C)C(=O)c2ccccc21. The van der Waals surface area contributed by atoms with Crippen molar-refractivity contribution in [3.8, 4) is 0 Å². The van der Waals surface area contributed by atoms with E-state index in [4.69, 9.17) is 9.47 Å². The molecule has 6 heteroatoms. The molecule has 0 bridgehead atoms. The summed E-state index contributed by atoms with van der Waals surface area (Å²) in [6.07, 6.45) is 3.45. The molecule has 0 radical (unpaired) electrons. The summed E-state index contributed by atoms with van der Waals surface area (Å²) >= 11 is 0. The van der Waals surface area contributed by atoms with Crippen LogP contribution in [-0.2, 0) is 30.3 Å². The summed E-state index contributed by atoms with van der Waals surface area (Å²) < 4.78 is 12.3. The van der Waals surface area contributed by atoms with Crippen LogP contribution in [0.3, 0.4) is 0 Å². The van der Waals surface area contributed by atoms with Gasteiger partial charge in [0.25, 0.3) is 0 Å². The van der Waals surface area contributed by atoms with Gasteiger partial charge < -0.3 is 9.47 Å².